The summed E-state index contributed by atoms with van der Waals surface area (Å²) in [5.74, 6) is -0.634. The molecule has 0 radical (unpaired) electrons. The van der Waals surface area contributed by atoms with Crippen molar-refractivity contribution in [3.8, 4) is 0 Å². The number of hydrogen-bond donors (Lipinski definition) is 2. The predicted molar refractivity (Wildman–Crippen MR) is 65.5 cm³/mol. The Morgan fingerprint density at radius 2 is 2.06 bits per heavy atom. The first-order valence-electron chi connectivity index (χ1n) is 5.56. The molecule has 1 rings (SSSR count). The molecule has 1 aromatic rings. The van der Waals surface area contributed by atoms with Crippen molar-refractivity contribution in [3.63, 3.8) is 0 Å². The first-order chi connectivity index (χ1) is 7.97. The Morgan fingerprint density at radius 3 is 2.59 bits per heavy atom. The second-order valence-corrected chi connectivity index (χ2v) is 4.28. The zero-order chi connectivity index (χ0) is 12.9. The number of methoxy groups -OCH3 is 1. The predicted octanol–water partition coefficient (Wildman–Crippen LogP) is 1.26. The van der Waals surface area contributed by atoms with E-state index in [1.165, 1.54) is 14.0 Å². The highest BCUT2D eigenvalue weighted by molar-refractivity contribution is 5.78. The van der Waals surface area contributed by atoms with Gasteiger partial charge in [0.15, 0.2) is 5.60 Å². The van der Waals surface area contributed by atoms with Crippen molar-refractivity contribution >= 4 is 5.97 Å². The molecule has 2 atom stereocenters. The number of carbonyl (C=O) groups excluding carboxylic acids is 1. The lowest BCUT2D eigenvalue weighted by molar-refractivity contribution is -0.160. The van der Waals surface area contributed by atoms with Crippen molar-refractivity contribution < 1.29 is 14.6 Å². The van der Waals surface area contributed by atoms with Crippen LogP contribution in [-0.4, -0.2) is 30.3 Å². The Hall–Kier alpha value is -1.39. The van der Waals surface area contributed by atoms with Gasteiger partial charge in [0.1, 0.15) is 0 Å². The topological polar surface area (TPSA) is 58.6 Å². The number of hydrogen-bond acceptors (Lipinski definition) is 4. The first-order valence-corrected chi connectivity index (χ1v) is 5.56. The molecule has 0 amide bonds. The average Bonchev–Trinajstić information content (AvgIpc) is 2.36. The summed E-state index contributed by atoms with van der Waals surface area (Å²) >= 11 is 0. The molecule has 94 valence electrons. The largest absolute Gasteiger partial charge is 0.467 e. The van der Waals surface area contributed by atoms with E-state index in [4.69, 9.17) is 0 Å². The van der Waals surface area contributed by atoms with Crippen LogP contribution < -0.4 is 5.32 Å². The molecular formula is C13H19NO3. The van der Waals surface area contributed by atoms with Crippen molar-refractivity contribution in [2.45, 2.75) is 25.5 Å². The summed E-state index contributed by atoms with van der Waals surface area (Å²) in [6.45, 7) is 3.56. The number of nitrogens with one attached hydrogen (secondary N) is 1. The lowest BCUT2D eigenvalue weighted by Gasteiger charge is -2.23. The standard InChI is InChI=1S/C13H19NO3/c1-10(11-7-5-4-6-8-11)14-9-13(2,16)12(15)17-3/h4-8,10,14,16H,9H2,1-3H3/t10-,13?/m1/s1. The van der Waals surface area contributed by atoms with Gasteiger partial charge in [-0.2, -0.15) is 0 Å². The van der Waals surface area contributed by atoms with Gasteiger partial charge < -0.3 is 15.2 Å². The summed E-state index contributed by atoms with van der Waals surface area (Å²) in [4.78, 5) is 11.3. The fraction of sp³-hybridized carbons (Fsp3) is 0.462. The molecular weight excluding hydrogens is 218 g/mol. The highest BCUT2D eigenvalue weighted by Crippen LogP contribution is 2.13. The Kier molecular flexibility index (Phi) is 4.66. The Morgan fingerprint density at radius 1 is 1.47 bits per heavy atom. The van der Waals surface area contributed by atoms with Crippen LogP contribution in [0.2, 0.25) is 0 Å². The van der Waals surface area contributed by atoms with Crippen molar-refractivity contribution in [3.05, 3.63) is 35.9 Å². The normalized spacial score (nSPS) is 16.0. The van der Waals surface area contributed by atoms with E-state index in [-0.39, 0.29) is 12.6 Å². The molecule has 0 aliphatic rings. The van der Waals surface area contributed by atoms with Gasteiger partial charge in [0.25, 0.3) is 0 Å². The highest BCUT2D eigenvalue weighted by Gasteiger charge is 2.31. The molecule has 0 bridgehead atoms. The van der Waals surface area contributed by atoms with E-state index in [9.17, 15) is 9.90 Å². The minimum atomic E-state index is -1.50. The van der Waals surface area contributed by atoms with Crippen molar-refractivity contribution in [1.29, 1.82) is 0 Å². The van der Waals surface area contributed by atoms with Gasteiger partial charge in [-0.15, -0.1) is 0 Å². The van der Waals surface area contributed by atoms with Crippen LogP contribution in [0.15, 0.2) is 30.3 Å². The van der Waals surface area contributed by atoms with E-state index in [2.05, 4.69) is 10.1 Å². The molecule has 1 aromatic carbocycles. The van der Waals surface area contributed by atoms with Crippen LogP contribution in [0, 0.1) is 0 Å². The average molecular weight is 237 g/mol. The third-order valence-corrected chi connectivity index (χ3v) is 2.68. The maximum Gasteiger partial charge on any atom is 0.338 e. The van der Waals surface area contributed by atoms with Gasteiger partial charge in [-0.3, -0.25) is 0 Å². The van der Waals surface area contributed by atoms with Gasteiger partial charge in [0.2, 0.25) is 0 Å². The van der Waals surface area contributed by atoms with Crippen LogP contribution in [0.25, 0.3) is 0 Å². The number of carbonyl (C=O) groups is 1. The van der Waals surface area contributed by atoms with Crippen molar-refractivity contribution in [2.75, 3.05) is 13.7 Å². The van der Waals surface area contributed by atoms with E-state index in [1.807, 2.05) is 37.3 Å². The zero-order valence-corrected chi connectivity index (χ0v) is 10.4. The molecule has 0 aromatic heterocycles. The maximum absolute atomic E-state index is 11.3. The molecule has 0 aliphatic carbocycles. The van der Waals surface area contributed by atoms with E-state index in [1.54, 1.807) is 0 Å². The molecule has 1 unspecified atom stereocenters. The van der Waals surface area contributed by atoms with Crippen molar-refractivity contribution in [2.24, 2.45) is 0 Å². The molecule has 0 heterocycles. The fourth-order valence-corrected chi connectivity index (χ4v) is 1.50. The Balaban J connectivity index is 2.54. The van der Waals surface area contributed by atoms with Crippen LogP contribution in [0.5, 0.6) is 0 Å². The van der Waals surface area contributed by atoms with Crippen LogP contribution in [0.4, 0.5) is 0 Å². The molecule has 4 nitrogen and oxygen atoms in total. The van der Waals surface area contributed by atoms with E-state index in [0.717, 1.165) is 5.56 Å². The van der Waals surface area contributed by atoms with Gasteiger partial charge in [-0.1, -0.05) is 30.3 Å². The number of benzene rings is 1. The van der Waals surface area contributed by atoms with Gasteiger partial charge in [0.05, 0.1) is 7.11 Å². The van der Waals surface area contributed by atoms with Crippen LogP contribution in [0.3, 0.4) is 0 Å². The van der Waals surface area contributed by atoms with Crippen LogP contribution in [0.1, 0.15) is 25.5 Å². The Bertz CT molecular complexity index is 362. The zero-order valence-electron chi connectivity index (χ0n) is 10.4. The monoisotopic (exact) mass is 237 g/mol. The lowest BCUT2D eigenvalue weighted by Crippen LogP contribution is -2.46. The van der Waals surface area contributed by atoms with Gasteiger partial charge in [0, 0.05) is 12.6 Å². The summed E-state index contributed by atoms with van der Waals surface area (Å²) in [6.07, 6.45) is 0. The fourth-order valence-electron chi connectivity index (χ4n) is 1.50. The number of ether oxygens (including phenoxy) is 1. The second-order valence-electron chi connectivity index (χ2n) is 4.28. The Labute approximate surface area is 102 Å². The van der Waals surface area contributed by atoms with Crippen LogP contribution >= 0.6 is 0 Å². The van der Waals surface area contributed by atoms with Gasteiger partial charge in [-0.05, 0) is 19.4 Å². The molecule has 4 heteroatoms. The molecule has 0 aliphatic heterocycles. The van der Waals surface area contributed by atoms with Crippen molar-refractivity contribution in [1.82, 2.24) is 5.32 Å². The molecule has 0 saturated carbocycles. The third kappa shape index (κ3) is 3.84. The third-order valence-electron chi connectivity index (χ3n) is 2.68. The summed E-state index contributed by atoms with van der Waals surface area (Å²) in [7, 11) is 1.26. The van der Waals surface area contributed by atoms with Gasteiger partial charge >= 0.3 is 5.97 Å². The van der Waals surface area contributed by atoms with Gasteiger partial charge in [-0.25, -0.2) is 4.79 Å². The number of rotatable bonds is 5. The molecule has 17 heavy (non-hydrogen) atoms. The summed E-state index contributed by atoms with van der Waals surface area (Å²) in [6, 6.07) is 9.89. The van der Waals surface area contributed by atoms with Crippen LogP contribution in [-0.2, 0) is 9.53 Å². The quantitative estimate of drug-likeness (QED) is 0.757. The second kappa shape index (κ2) is 5.80. The number of esters is 1. The number of aliphatic hydroxyl groups is 1. The lowest BCUT2D eigenvalue weighted by atomic mass is 10.0. The minimum absolute atomic E-state index is 0.0623. The summed E-state index contributed by atoms with van der Waals surface area (Å²) in [5.41, 5.74) is -0.397. The van der Waals surface area contributed by atoms with E-state index in [0.29, 0.717) is 0 Å². The smallest absolute Gasteiger partial charge is 0.338 e. The van der Waals surface area contributed by atoms with E-state index >= 15 is 0 Å². The summed E-state index contributed by atoms with van der Waals surface area (Å²) in [5, 5.41) is 12.9. The molecule has 0 spiro atoms. The summed E-state index contributed by atoms with van der Waals surface area (Å²) < 4.78 is 4.52. The van der Waals surface area contributed by atoms with E-state index < -0.39 is 11.6 Å². The minimum Gasteiger partial charge on any atom is -0.467 e. The highest BCUT2D eigenvalue weighted by atomic mass is 16.5. The molecule has 2 N–H and O–H groups in total. The molecule has 0 fully saturated rings. The molecule has 0 saturated heterocycles. The first kappa shape index (κ1) is 13.7. The SMILES string of the molecule is COC(=O)C(C)(O)CN[C@H](C)c1ccccc1. The maximum atomic E-state index is 11.3.